The van der Waals surface area contributed by atoms with Gasteiger partial charge in [-0.3, -0.25) is 4.79 Å². The van der Waals surface area contributed by atoms with Crippen molar-refractivity contribution in [1.29, 1.82) is 0 Å². The lowest BCUT2D eigenvalue weighted by Crippen LogP contribution is -2.39. The second kappa shape index (κ2) is 8.63. The summed E-state index contributed by atoms with van der Waals surface area (Å²) < 4.78 is 5.77. The van der Waals surface area contributed by atoms with E-state index >= 15 is 0 Å². The summed E-state index contributed by atoms with van der Waals surface area (Å²) in [5, 5.41) is 6.46. The van der Waals surface area contributed by atoms with Gasteiger partial charge in [0.25, 0.3) is 0 Å². The molecule has 0 atom stereocenters. The van der Waals surface area contributed by atoms with E-state index in [1.54, 1.807) is 0 Å². The van der Waals surface area contributed by atoms with E-state index in [1.807, 2.05) is 7.05 Å². The first kappa shape index (κ1) is 15.8. The summed E-state index contributed by atoms with van der Waals surface area (Å²) in [4.78, 5) is 11.9. The normalized spacial score (nSPS) is 28.9. The van der Waals surface area contributed by atoms with Crippen LogP contribution in [0.3, 0.4) is 0 Å². The first-order valence-electron chi connectivity index (χ1n) is 8.36. The van der Waals surface area contributed by atoms with Crippen molar-refractivity contribution in [2.24, 2.45) is 0 Å². The molecule has 0 unspecified atom stereocenters. The molecule has 116 valence electrons. The summed E-state index contributed by atoms with van der Waals surface area (Å²) in [5.74, 6) is 0.0765. The van der Waals surface area contributed by atoms with E-state index < -0.39 is 0 Å². The third-order valence-corrected chi connectivity index (χ3v) is 4.75. The van der Waals surface area contributed by atoms with Gasteiger partial charge in [0.1, 0.15) is 6.61 Å². The number of carbonyl (C=O) groups is 1. The molecule has 0 aromatic heterocycles. The number of nitrogens with one attached hydrogen (secondary N) is 2. The predicted molar refractivity (Wildman–Crippen MR) is 80.7 cm³/mol. The molecule has 20 heavy (non-hydrogen) atoms. The van der Waals surface area contributed by atoms with Crippen LogP contribution < -0.4 is 10.6 Å². The number of hydrogen-bond donors (Lipinski definition) is 2. The summed E-state index contributed by atoms with van der Waals surface area (Å²) in [6.07, 6.45) is 12.1. The van der Waals surface area contributed by atoms with Crippen LogP contribution in [0.4, 0.5) is 0 Å². The van der Waals surface area contributed by atoms with Crippen LogP contribution in [0.1, 0.15) is 64.2 Å². The molecule has 0 aliphatic heterocycles. The van der Waals surface area contributed by atoms with Crippen LogP contribution in [0.25, 0.3) is 0 Å². The topological polar surface area (TPSA) is 50.4 Å². The lowest BCUT2D eigenvalue weighted by Gasteiger charge is -2.28. The molecule has 0 spiro atoms. The van der Waals surface area contributed by atoms with Gasteiger partial charge in [0, 0.05) is 12.1 Å². The molecular weight excluding hydrogens is 252 g/mol. The van der Waals surface area contributed by atoms with Crippen molar-refractivity contribution in [2.45, 2.75) is 82.4 Å². The Morgan fingerprint density at radius 1 is 0.950 bits per heavy atom. The van der Waals surface area contributed by atoms with Gasteiger partial charge in [0.15, 0.2) is 0 Å². The largest absolute Gasteiger partial charge is 0.368 e. The Balaban J connectivity index is 1.60. The van der Waals surface area contributed by atoms with Crippen LogP contribution in [0.15, 0.2) is 0 Å². The zero-order chi connectivity index (χ0) is 14.2. The van der Waals surface area contributed by atoms with Gasteiger partial charge >= 0.3 is 0 Å². The summed E-state index contributed by atoms with van der Waals surface area (Å²) >= 11 is 0. The Bertz CT molecular complexity index is 280. The number of amides is 1. The van der Waals surface area contributed by atoms with Crippen molar-refractivity contribution < 1.29 is 9.53 Å². The Labute approximate surface area is 123 Å². The van der Waals surface area contributed by atoms with Crippen molar-refractivity contribution in [1.82, 2.24) is 10.6 Å². The van der Waals surface area contributed by atoms with E-state index in [0.717, 1.165) is 38.5 Å². The fourth-order valence-corrected chi connectivity index (χ4v) is 3.40. The van der Waals surface area contributed by atoms with Crippen molar-refractivity contribution in [3.63, 3.8) is 0 Å². The third kappa shape index (κ3) is 5.41. The molecule has 0 aromatic rings. The average molecular weight is 282 g/mol. The number of ether oxygens (including phenoxy) is 1. The fraction of sp³-hybridized carbons (Fsp3) is 0.938. The third-order valence-electron chi connectivity index (χ3n) is 4.75. The lowest BCUT2D eigenvalue weighted by molar-refractivity contribution is -0.129. The van der Waals surface area contributed by atoms with Gasteiger partial charge in [-0.15, -0.1) is 0 Å². The van der Waals surface area contributed by atoms with Gasteiger partial charge in [0.2, 0.25) is 5.91 Å². The van der Waals surface area contributed by atoms with Gasteiger partial charge in [-0.2, -0.15) is 0 Å². The molecule has 2 aliphatic carbocycles. The number of rotatable bonds is 5. The fourth-order valence-electron chi connectivity index (χ4n) is 3.40. The van der Waals surface area contributed by atoms with Gasteiger partial charge in [0.05, 0.1) is 6.10 Å². The van der Waals surface area contributed by atoms with Crippen molar-refractivity contribution in [3.05, 3.63) is 0 Å². The molecular formula is C16H30N2O2. The second-order valence-corrected chi connectivity index (χ2v) is 6.33. The molecule has 4 heteroatoms. The molecule has 2 fully saturated rings. The van der Waals surface area contributed by atoms with E-state index in [4.69, 9.17) is 4.74 Å². The maximum Gasteiger partial charge on any atom is 0.246 e. The highest BCUT2D eigenvalue weighted by Gasteiger charge is 2.21. The molecule has 2 saturated carbocycles. The van der Waals surface area contributed by atoms with E-state index in [0.29, 0.717) is 12.1 Å². The van der Waals surface area contributed by atoms with Crippen molar-refractivity contribution in [3.8, 4) is 0 Å². The van der Waals surface area contributed by atoms with Crippen LogP contribution in [-0.4, -0.2) is 37.7 Å². The molecule has 0 aromatic carbocycles. The number of hydrogen-bond acceptors (Lipinski definition) is 3. The zero-order valence-corrected chi connectivity index (χ0v) is 12.8. The Morgan fingerprint density at radius 3 is 2.20 bits per heavy atom. The smallest absolute Gasteiger partial charge is 0.246 e. The van der Waals surface area contributed by atoms with Gasteiger partial charge in [-0.25, -0.2) is 0 Å². The van der Waals surface area contributed by atoms with Crippen LogP contribution in [0.5, 0.6) is 0 Å². The molecule has 0 radical (unpaired) electrons. The minimum absolute atomic E-state index is 0.0765. The van der Waals surface area contributed by atoms with Crippen LogP contribution in [0.2, 0.25) is 0 Å². The monoisotopic (exact) mass is 282 g/mol. The lowest BCUT2D eigenvalue weighted by atomic mass is 9.93. The molecule has 0 heterocycles. The van der Waals surface area contributed by atoms with Gasteiger partial charge in [-0.1, -0.05) is 25.7 Å². The first-order chi connectivity index (χ1) is 9.78. The minimum Gasteiger partial charge on any atom is -0.368 e. The zero-order valence-electron chi connectivity index (χ0n) is 12.8. The summed E-state index contributed by atoms with van der Waals surface area (Å²) in [7, 11) is 2.02. The molecule has 1 amide bonds. The highest BCUT2D eigenvalue weighted by Crippen LogP contribution is 2.21. The van der Waals surface area contributed by atoms with E-state index in [1.165, 1.54) is 25.7 Å². The van der Waals surface area contributed by atoms with Crippen LogP contribution >= 0.6 is 0 Å². The number of carbonyl (C=O) groups excluding carboxylic acids is 1. The van der Waals surface area contributed by atoms with E-state index in [-0.39, 0.29) is 18.6 Å². The average Bonchev–Trinajstić information content (AvgIpc) is 2.74. The minimum atomic E-state index is 0.0765. The molecule has 2 aliphatic rings. The van der Waals surface area contributed by atoms with Crippen LogP contribution in [0, 0.1) is 0 Å². The molecule has 2 rings (SSSR count). The second-order valence-electron chi connectivity index (χ2n) is 6.33. The van der Waals surface area contributed by atoms with Crippen molar-refractivity contribution >= 4 is 5.91 Å². The Morgan fingerprint density at radius 2 is 1.60 bits per heavy atom. The van der Waals surface area contributed by atoms with E-state index in [2.05, 4.69) is 10.6 Å². The van der Waals surface area contributed by atoms with Gasteiger partial charge in [-0.05, 0) is 45.6 Å². The van der Waals surface area contributed by atoms with Crippen LogP contribution in [-0.2, 0) is 9.53 Å². The summed E-state index contributed by atoms with van der Waals surface area (Å²) in [6.45, 7) is 0.241. The molecule has 0 saturated heterocycles. The van der Waals surface area contributed by atoms with Gasteiger partial charge < -0.3 is 15.4 Å². The predicted octanol–water partition coefficient (Wildman–Crippen LogP) is 2.37. The quantitative estimate of drug-likeness (QED) is 0.761. The SMILES string of the molecule is CNC1CCC(OCC(=O)NC2CCCCCC2)CC1. The highest BCUT2D eigenvalue weighted by atomic mass is 16.5. The molecule has 4 nitrogen and oxygen atoms in total. The van der Waals surface area contributed by atoms with Crippen molar-refractivity contribution in [2.75, 3.05) is 13.7 Å². The van der Waals surface area contributed by atoms with E-state index in [9.17, 15) is 4.79 Å². The Hall–Kier alpha value is -0.610. The maximum absolute atomic E-state index is 11.9. The molecule has 2 N–H and O–H groups in total. The summed E-state index contributed by atoms with van der Waals surface area (Å²) in [6, 6.07) is 1.02. The maximum atomic E-state index is 11.9. The first-order valence-corrected chi connectivity index (χ1v) is 8.36. The summed E-state index contributed by atoms with van der Waals surface area (Å²) in [5.41, 5.74) is 0. The highest BCUT2D eigenvalue weighted by molar-refractivity contribution is 5.77. The standard InChI is InChI=1S/C16H30N2O2/c1-17-13-8-10-15(11-9-13)20-12-16(19)18-14-6-4-2-3-5-7-14/h13-15,17H,2-12H2,1H3,(H,18,19). The molecule has 0 bridgehead atoms. The Kier molecular flexibility index (Phi) is 6.80.